The molecule has 1 N–H and O–H groups in total. The zero-order chi connectivity index (χ0) is 21.0. The molecule has 0 bridgehead atoms. The van der Waals surface area contributed by atoms with Gasteiger partial charge in [-0.1, -0.05) is 60.7 Å². The van der Waals surface area contributed by atoms with Crippen molar-refractivity contribution in [3.8, 4) is 6.07 Å². The largest absolute Gasteiger partial charge is 0.469 e. The number of nitriles is 1. The first-order chi connectivity index (χ1) is 14.0. The third kappa shape index (κ3) is 3.59. The molecule has 0 aromatic heterocycles. The Kier molecular flexibility index (Phi) is 6.74. The summed E-state index contributed by atoms with van der Waals surface area (Å²) in [6, 6.07) is 20.9. The molecule has 0 fully saturated rings. The number of methoxy groups -OCH3 is 1. The molecule has 2 aromatic rings. The maximum Gasteiger partial charge on any atom is 0.313 e. The number of hydrogen-bond acceptors (Lipinski definition) is 6. The molecule has 0 radical (unpaired) electrons. The number of thioether (sulfide) groups is 2. The van der Waals surface area contributed by atoms with Gasteiger partial charge in [-0.15, -0.1) is 23.5 Å². The first-order valence-corrected chi connectivity index (χ1v) is 11.7. The highest BCUT2D eigenvalue weighted by molar-refractivity contribution is 8.16. The molecule has 0 aliphatic heterocycles. The van der Waals surface area contributed by atoms with Crippen molar-refractivity contribution < 1.29 is 14.6 Å². The Hall–Kier alpha value is -2.20. The summed E-state index contributed by atoms with van der Waals surface area (Å²) in [7, 11) is 1.32. The van der Waals surface area contributed by atoms with Crippen LogP contribution in [0.25, 0.3) is 0 Å². The van der Waals surface area contributed by atoms with Gasteiger partial charge in [0, 0.05) is 17.1 Å². The smallest absolute Gasteiger partial charge is 0.313 e. The monoisotopic (exact) mass is 425 g/mol. The van der Waals surface area contributed by atoms with Crippen LogP contribution >= 0.6 is 23.5 Å². The Morgan fingerprint density at radius 2 is 1.66 bits per heavy atom. The molecular formula is C23H23NO3S2. The number of carbonyl (C=O) groups is 1. The molecule has 29 heavy (non-hydrogen) atoms. The van der Waals surface area contributed by atoms with Gasteiger partial charge >= 0.3 is 5.97 Å². The number of aliphatic hydroxyl groups is 1. The normalized spacial score (nSPS) is 23.9. The van der Waals surface area contributed by atoms with E-state index in [1.807, 2.05) is 61.0 Å². The number of hydrogen-bond donors (Lipinski definition) is 1. The van der Waals surface area contributed by atoms with Crippen LogP contribution in [-0.2, 0) is 15.1 Å². The molecular weight excluding hydrogens is 402 g/mol. The van der Waals surface area contributed by atoms with Crippen molar-refractivity contribution >= 4 is 29.5 Å². The Labute approximate surface area is 180 Å². The predicted octanol–water partition coefficient (Wildman–Crippen LogP) is 4.33. The van der Waals surface area contributed by atoms with Gasteiger partial charge in [-0.05, 0) is 23.6 Å². The molecule has 3 atom stereocenters. The van der Waals surface area contributed by atoms with Gasteiger partial charge in [0.05, 0.1) is 17.8 Å². The van der Waals surface area contributed by atoms with Crippen LogP contribution in [0.4, 0.5) is 0 Å². The van der Waals surface area contributed by atoms with E-state index in [2.05, 4.69) is 6.07 Å². The van der Waals surface area contributed by atoms with Crippen molar-refractivity contribution in [2.24, 2.45) is 5.92 Å². The van der Waals surface area contributed by atoms with Gasteiger partial charge < -0.3 is 9.84 Å². The minimum absolute atomic E-state index is 0.185. The van der Waals surface area contributed by atoms with Crippen LogP contribution in [0, 0.1) is 17.2 Å². The van der Waals surface area contributed by atoms with E-state index in [9.17, 15) is 15.2 Å². The van der Waals surface area contributed by atoms with Gasteiger partial charge in [0.25, 0.3) is 0 Å². The second kappa shape index (κ2) is 9.08. The lowest BCUT2D eigenvalue weighted by atomic mass is 9.75. The fourth-order valence-electron chi connectivity index (χ4n) is 4.20. The summed E-state index contributed by atoms with van der Waals surface area (Å²) in [6.45, 7) is 0. The van der Waals surface area contributed by atoms with Gasteiger partial charge in [-0.3, -0.25) is 4.79 Å². The summed E-state index contributed by atoms with van der Waals surface area (Å²) in [5.74, 6) is -2.08. The number of ether oxygens (including phenoxy) is 1. The van der Waals surface area contributed by atoms with Crippen molar-refractivity contribution in [2.75, 3.05) is 19.6 Å². The van der Waals surface area contributed by atoms with E-state index in [-0.39, 0.29) is 4.58 Å². The summed E-state index contributed by atoms with van der Waals surface area (Å²) < 4.78 is 4.96. The molecule has 0 spiro atoms. The van der Waals surface area contributed by atoms with Crippen LogP contribution in [0.15, 0.2) is 71.8 Å². The van der Waals surface area contributed by atoms with Crippen molar-refractivity contribution in [2.45, 2.75) is 16.1 Å². The SMILES string of the molecule is COC(=O)C1C(c2ccccc2)C(C#N)=C(C(SC)SC)C1(O)c1ccccc1. The van der Waals surface area contributed by atoms with Crippen LogP contribution < -0.4 is 0 Å². The standard InChI is InChI=1S/C23H23NO3S2/c1-27-21(25)20-18(15-10-6-4-7-11-15)17(14-24)19(22(28-2)29-3)23(20,26)16-12-8-5-9-13-16/h4-13,18,20,22,26H,1-3H3. The van der Waals surface area contributed by atoms with E-state index in [4.69, 9.17) is 4.74 Å². The molecule has 3 unspecified atom stereocenters. The fraction of sp³-hybridized carbons (Fsp3) is 0.304. The minimum Gasteiger partial charge on any atom is -0.469 e. The summed E-state index contributed by atoms with van der Waals surface area (Å²) in [5.41, 5.74) is 0.771. The number of rotatable bonds is 6. The number of carbonyl (C=O) groups excluding carboxylic acids is 1. The molecule has 0 amide bonds. The van der Waals surface area contributed by atoms with Gasteiger partial charge in [-0.2, -0.15) is 5.26 Å². The van der Waals surface area contributed by atoms with Gasteiger partial charge in [0.1, 0.15) is 11.5 Å². The zero-order valence-electron chi connectivity index (χ0n) is 16.5. The lowest BCUT2D eigenvalue weighted by Crippen LogP contribution is -2.42. The third-order valence-corrected chi connectivity index (χ3v) is 7.89. The molecule has 150 valence electrons. The van der Waals surface area contributed by atoms with Crippen molar-refractivity contribution in [3.05, 3.63) is 82.9 Å². The number of nitrogens with zero attached hydrogens (tertiary/aromatic N) is 1. The van der Waals surface area contributed by atoms with E-state index in [0.29, 0.717) is 16.7 Å². The fourth-order valence-corrected chi connectivity index (χ4v) is 6.05. The topological polar surface area (TPSA) is 70.3 Å². The highest BCUT2D eigenvalue weighted by Crippen LogP contribution is 2.58. The second-order valence-corrected chi connectivity index (χ2v) is 8.95. The maximum absolute atomic E-state index is 13.1. The van der Waals surface area contributed by atoms with Crippen LogP contribution in [0.3, 0.4) is 0 Å². The van der Waals surface area contributed by atoms with Gasteiger partial charge in [0.2, 0.25) is 0 Å². The summed E-state index contributed by atoms with van der Waals surface area (Å²) in [4.78, 5) is 13.1. The molecule has 0 saturated carbocycles. The highest BCUT2D eigenvalue weighted by Gasteiger charge is 2.59. The zero-order valence-corrected chi connectivity index (χ0v) is 18.2. The lowest BCUT2D eigenvalue weighted by molar-refractivity contribution is -0.153. The first-order valence-electron chi connectivity index (χ1n) is 9.15. The van der Waals surface area contributed by atoms with Crippen LogP contribution in [0.1, 0.15) is 17.0 Å². The Balaban J connectivity index is 2.38. The minimum atomic E-state index is -1.64. The van der Waals surface area contributed by atoms with Crippen molar-refractivity contribution in [1.29, 1.82) is 5.26 Å². The Morgan fingerprint density at radius 1 is 1.10 bits per heavy atom. The summed E-state index contributed by atoms with van der Waals surface area (Å²) in [5, 5.41) is 22.4. The first kappa shape index (κ1) is 21.5. The average Bonchev–Trinajstić information content (AvgIpc) is 3.05. The quantitative estimate of drug-likeness (QED) is 0.549. The predicted molar refractivity (Wildman–Crippen MR) is 118 cm³/mol. The maximum atomic E-state index is 13.1. The van der Waals surface area contributed by atoms with Crippen LogP contribution in [0.5, 0.6) is 0 Å². The van der Waals surface area contributed by atoms with Gasteiger partial charge in [-0.25, -0.2) is 0 Å². The van der Waals surface area contributed by atoms with Crippen molar-refractivity contribution in [1.82, 2.24) is 0 Å². The lowest BCUT2D eigenvalue weighted by Gasteiger charge is -2.36. The van der Waals surface area contributed by atoms with E-state index < -0.39 is 23.4 Å². The van der Waals surface area contributed by atoms with Crippen LogP contribution in [0.2, 0.25) is 0 Å². The average molecular weight is 426 g/mol. The number of esters is 1. The van der Waals surface area contributed by atoms with E-state index >= 15 is 0 Å². The Morgan fingerprint density at radius 3 is 2.14 bits per heavy atom. The molecule has 1 aliphatic carbocycles. The summed E-state index contributed by atoms with van der Waals surface area (Å²) in [6.07, 6.45) is 3.88. The van der Waals surface area contributed by atoms with Crippen LogP contribution in [-0.4, -0.2) is 35.3 Å². The molecule has 0 saturated heterocycles. The molecule has 2 aromatic carbocycles. The van der Waals surface area contributed by atoms with Gasteiger partial charge in [0.15, 0.2) is 0 Å². The summed E-state index contributed by atoms with van der Waals surface area (Å²) >= 11 is 3.09. The van der Waals surface area contributed by atoms with E-state index in [1.165, 1.54) is 7.11 Å². The van der Waals surface area contributed by atoms with E-state index in [1.54, 1.807) is 35.7 Å². The highest BCUT2D eigenvalue weighted by atomic mass is 32.2. The Bertz CT molecular complexity index is 936. The number of allylic oxidation sites excluding steroid dienone is 1. The molecule has 4 nitrogen and oxygen atoms in total. The number of benzene rings is 2. The molecule has 0 heterocycles. The molecule has 1 aliphatic rings. The second-order valence-electron chi connectivity index (χ2n) is 6.76. The molecule has 3 rings (SSSR count). The van der Waals surface area contributed by atoms with Crippen molar-refractivity contribution in [3.63, 3.8) is 0 Å². The molecule has 6 heteroatoms. The third-order valence-electron chi connectivity index (χ3n) is 5.41. The van der Waals surface area contributed by atoms with E-state index in [0.717, 1.165) is 5.56 Å².